The third-order valence-electron chi connectivity index (χ3n) is 3.19. The number of nitrogens with zero attached hydrogens (tertiary/aromatic N) is 1. The summed E-state index contributed by atoms with van der Waals surface area (Å²) in [6.07, 6.45) is 3.42. The molecule has 0 saturated carbocycles. The molecular weight excluding hydrogens is 256 g/mol. The van der Waals surface area contributed by atoms with E-state index in [1.54, 1.807) is 0 Å². The van der Waals surface area contributed by atoms with E-state index in [1.807, 2.05) is 37.7 Å². The van der Waals surface area contributed by atoms with Crippen molar-refractivity contribution < 1.29 is 4.74 Å². The van der Waals surface area contributed by atoms with Crippen molar-refractivity contribution in [2.45, 2.75) is 39.3 Å². The highest BCUT2D eigenvalue weighted by atomic mass is 32.2. The van der Waals surface area contributed by atoms with E-state index in [2.05, 4.69) is 31.2 Å². The van der Waals surface area contributed by atoms with Crippen LogP contribution in [0.25, 0.3) is 0 Å². The Hall–Kier alpha value is -1.03. The Morgan fingerprint density at radius 2 is 2.00 bits per heavy atom. The van der Waals surface area contributed by atoms with Crippen molar-refractivity contribution in [2.75, 3.05) is 29.7 Å². The Morgan fingerprint density at radius 3 is 2.58 bits per heavy atom. The van der Waals surface area contributed by atoms with E-state index in [4.69, 9.17) is 10.5 Å². The molecule has 0 saturated heterocycles. The highest BCUT2D eigenvalue weighted by Gasteiger charge is 2.15. The molecule has 0 bridgehead atoms. The van der Waals surface area contributed by atoms with Gasteiger partial charge in [0.05, 0.1) is 17.5 Å². The maximum absolute atomic E-state index is 6.23. The molecule has 0 radical (unpaired) electrons. The van der Waals surface area contributed by atoms with Crippen molar-refractivity contribution in [1.29, 1.82) is 0 Å². The first-order valence-corrected chi connectivity index (χ1v) is 8.13. The molecule has 1 aromatic rings. The summed E-state index contributed by atoms with van der Waals surface area (Å²) in [6.45, 7) is 6.25. The van der Waals surface area contributed by atoms with Crippen molar-refractivity contribution in [1.82, 2.24) is 0 Å². The van der Waals surface area contributed by atoms with Crippen LogP contribution in [0.5, 0.6) is 5.75 Å². The van der Waals surface area contributed by atoms with Crippen molar-refractivity contribution >= 4 is 23.1 Å². The molecule has 4 heteroatoms. The van der Waals surface area contributed by atoms with Crippen LogP contribution in [0.15, 0.2) is 18.2 Å². The van der Waals surface area contributed by atoms with Gasteiger partial charge in [-0.2, -0.15) is 11.8 Å². The second-order valence-corrected chi connectivity index (χ2v) is 6.08. The van der Waals surface area contributed by atoms with Crippen LogP contribution in [0.2, 0.25) is 0 Å². The Labute approximate surface area is 121 Å². The number of nitrogen functional groups attached to an aromatic ring is 1. The molecule has 108 valence electrons. The van der Waals surface area contributed by atoms with Gasteiger partial charge in [-0.05, 0) is 51.3 Å². The number of benzene rings is 1. The van der Waals surface area contributed by atoms with Crippen LogP contribution < -0.4 is 15.4 Å². The summed E-state index contributed by atoms with van der Waals surface area (Å²) in [7, 11) is 2.09. The first-order chi connectivity index (χ1) is 8.97. The average Bonchev–Trinajstić information content (AvgIpc) is 2.37. The molecule has 19 heavy (non-hydrogen) atoms. The molecule has 0 aliphatic rings. The molecule has 2 N–H and O–H groups in total. The van der Waals surface area contributed by atoms with Gasteiger partial charge >= 0.3 is 0 Å². The van der Waals surface area contributed by atoms with Crippen LogP contribution in [-0.2, 0) is 0 Å². The molecule has 0 heterocycles. The van der Waals surface area contributed by atoms with Crippen molar-refractivity contribution in [3.05, 3.63) is 18.2 Å². The number of nitrogens with two attached hydrogens (primary N) is 1. The molecule has 0 aliphatic carbocycles. The molecule has 1 aromatic carbocycles. The van der Waals surface area contributed by atoms with Crippen molar-refractivity contribution in [2.24, 2.45) is 0 Å². The molecule has 0 amide bonds. The fraction of sp³-hybridized carbons (Fsp3) is 0.600. The fourth-order valence-corrected chi connectivity index (χ4v) is 2.49. The number of para-hydroxylation sites is 1. The minimum Gasteiger partial charge on any atom is -0.489 e. The largest absolute Gasteiger partial charge is 0.489 e. The van der Waals surface area contributed by atoms with Crippen LogP contribution in [0, 0.1) is 0 Å². The number of rotatable bonds is 7. The van der Waals surface area contributed by atoms with Crippen LogP contribution >= 0.6 is 11.8 Å². The lowest BCUT2D eigenvalue weighted by molar-refractivity contribution is 0.244. The quantitative estimate of drug-likeness (QED) is 0.775. The van der Waals surface area contributed by atoms with E-state index in [0.29, 0.717) is 6.04 Å². The summed E-state index contributed by atoms with van der Waals surface area (Å²) in [5, 5.41) is 0. The molecular formula is C15H26N2OS. The van der Waals surface area contributed by atoms with E-state index in [9.17, 15) is 0 Å². The maximum Gasteiger partial charge on any atom is 0.144 e. The highest BCUT2D eigenvalue weighted by molar-refractivity contribution is 7.98. The summed E-state index contributed by atoms with van der Waals surface area (Å²) in [5.74, 6) is 1.93. The van der Waals surface area contributed by atoms with Gasteiger partial charge in [-0.3, -0.25) is 0 Å². The number of hydrogen-bond acceptors (Lipinski definition) is 4. The second kappa shape index (κ2) is 7.53. The number of hydrogen-bond donors (Lipinski definition) is 1. The predicted octanol–water partition coefficient (Wildman–Crippen LogP) is 3.63. The van der Waals surface area contributed by atoms with Gasteiger partial charge in [-0.15, -0.1) is 0 Å². The molecule has 0 fully saturated rings. The molecule has 3 nitrogen and oxygen atoms in total. The maximum atomic E-state index is 6.23. The first-order valence-electron chi connectivity index (χ1n) is 6.74. The molecule has 0 aliphatic heterocycles. The van der Waals surface area contributed by atoms with E-state index in [-0.39, 0.29) is 6.10 Å². The molecule has 1 unspecified atom stereocenters. The fourth-order valence-electron chi connectivity index (χ4n) is 1.92. The normalized spacial score (nSPS) is 12.5. The first kappa shape index (κ1) is 16.0. The molecule has 0 spiro atoms. The SMILES string of the molecule is CSCCC(C)N(C)c1cccc(OC(C)C)c1N. The number of thioether (sulfide) groups is 1. The Balaban J connectivity index is 2.87. The summed E-state index contributed by atoms with van der Waals surface area (Å²) < 4.78 is 5.74. The molecule has 1 rings (SSSR count). The number of anilines is 2. The second-order valence-electron chi connectivity index (χ2n) is 5.10. The van der Waals surface area contributed by atoms with Gasteiger partial charge in [0.25, 0.3) is 0 Å². The van der Waals surface area contributed by atoms with E-state index in [0.717, 1.165) is 29.3 Å². The third kappa shape index (κ3) is 4.53. The predicted molar refractivity (Wildman–Crippen MR) is 87.5 cm³/mol. The third-order valence-corrected chi connectivity index (χ3v) is 3.83. The minimum absolute atomic E-state index is 0.136. The Kier molecular flexibility index (Phi) is 6.35. The smallest absolute Gasteiger partial charge is 0.144 e. The summed E-state index contributed by atoms with van der Waals surface area (Å²) in [6, 6.07) is 6.45. The summed E-state index contributed by atoms with van der Waals surface area (Å²) in [4.78, 5) is 2.23. The van der Waals surface area contributed by atoms with Crippen molar-refractivity contribution in [3.63, 3.8) is 0 Å². The summed E-state index contributed by atoms with van der Waals surface area (Å²) >= 11 is 1.88. The zero-order valence-electron chi connectivity index (χ0n) is 12.6. The zero-order valence-corrected chi connectivity index (χ0v) is 13.5. The van der Waals surface area contributed by atoms with Crippen LogP contribution in [0.3, 0.4) is 0 Å². The van der Waals surface area contributed by atoms with Gasteiger partial charge < -0.3 is 15.4 Å². The topological polar surface area (TPSA) is 38.5 Å². The van der Waals surface area contributed by atoms with Crippen LogP contribution in [0.1, 0.15) is 27.2 Å². The zero-order chi connectivity index (χ0) is 14.4. The van der Waals surface area contributed by atoms with Gasteiger partial charge in [0.15, 0.2) is 0 Å². The van der Waals surface area contributed by atoms with Gasteiger partial charge in [-0.25, -0.2) is 0 Å². The van der Waals surface area contributed by atoms with Gasteiger partial charge in [0.1, 0.15) is 5.75 Å². The van der Waals surface area contributed by atoms with E-state index < -0.39 is 0 Å². The van der Waals surface area contributed by atoms with Gasteiger partial charge in [0.2, 0.25) is 0 Å². The lowest BCUT2D eigenvalue weighted by atomic mass is 10.1. The minimum atomic E-state index is 0.136. The Bertz CT molecular complexity index is 396. The molecule has 0 aromatic heterocycles. The standard InChI is InChI=1S/C15H26N2OS/c1-11(2)18-14-8-6-7-13(15(14)16)17(4)12(3)9-10-19-5/h6-8,11-12H,9-10,16H2,1-5H3. The lowest BCUT2D eigenvalue weighted by Crippen LogP contribution is -2.30. The van der Waals surface area contributed by atoms with E-state index in [1.165, 1.54) is 0 Å². The summed E-state index contributed by atoms with van der Waals surface area (Å²) in [5.41, 5.74) is 8.01. The molecule has 1 atom stereocenters. The highest BCUT2D eigenvalue weighted by Crippen LogP contribution is 2.33. The Morgan fingerprint density at radius 1 is 1.32 bits per heavy atom. The van der Waals surface area contributed by atoms with Gasteiger partial charge in [-0.1, -0.05) is 6.07 Å². The van der Waals surface area contributed by atoms with E-state index >= 15 is 0 Å². The average molecular weight is 282 g/mol. The monoisotopic (exact) mass is 282 g/mol. The van der Waals surface area contributed by atoms with Crippen LogP contribution in [0.4, 0.5) is 11.4 Å². The van der Waals surface area contributed by atoms with Gasteiger partial charge in [0, 0.05) is 13.1 Å². The number of ether oxygens (including phenoxy) is 1. The lowest BCUT2D eigenvalue weighted by Gasteiger charge is -2.29. The van der Waals surface area contributed by atoms with Crippen molar-refractivity contribution in [3.8, 4) is 5.75 Å². The van der Waals surface area contributed by atoms with Crippen LogP contribution in [-0.4, -0.2) is 31.2 Å².